The number of alkyl halides is 1. The molecule has 70 valence electrons. The minimum atomic E-state index is -0.118. The zero-order valence-corrected chi connectivity index (χ0v) is 9.71. The Morgan fingerprint density at radius 3 is 2.67 bits per heavy atom. The third kappa shape index (κ3) is 4.74. The first-order valence-electron chi connectivity index (χ1n) is 4.01. The zero-order valence-electron chi connectivity index (χ0n) is 7.55. The quantitative estimate of drug-likeness (QED) is 0.255. The van der Waals surface area contributed by atoms with Crippen LogP contribution in [-0.4, -0.2) is 16.5 Å². The highest BCUT2D eigenvalue weighted by atomic mass is 127. The second-order valence-electron chi connectivity index (χ2n) is 2.89. The van der Waals surface area contributed by atoms with Crippen molar-refractivity contribution in [3.63, 3.8) is 0 Å². The van der Waals surface area contributed by atoms with Crippen LogP contribution in [0.2, 0.25) is 0 Å². The van der Waals surface area contributed by atoms with E-state index in [1.807, 2.05) is 13.8 Å². The van der Waals surface area contributed by atoms with Crippen LogP contribution in [0.1, 0.15) is 20.3 Å². The van der Waals surface area contributed by atoms with Crippen molar-refractivity contribution in [3.05, 3.63) is 12.7 Å². The average Bonchev–Trinajstić information content (AvgIpc) is 2.03. The molecule has 0 saturated heterocycles. The molecular weight excluding hydrogens is 267 g/mol. The molecule has 0 N–H and O–H groups in total. The van der Waals surface area contributed by atoms with Gasteiger partial charge in [-0.25, -0.2) is 0 Å². The van der Waals surface area contributed by atoms with Gasteiger partial charge in [0.15, 0.2) is 0 Å². The smallest absolute Gasteiger partial charge is 0.319 e. The maximum Gasteiger partial charge on any atom is 0.319 e. The third-order valence-electron chi connectivity index (χ3n) is 1.38. The first kappa shape index (κ1) is 11.9. The summed E-state index contributed by atoms with van der Waals surface area (Å²) in [4.78, 5) is 11.2. The van der Waals surface area contributed by atoms with E-state index < -0.39 is 0 Å². The summed E-state index contributed by atoms with van der Waals surface area (Å²) in [5.74, 6) is 0.217. The van der Waals surface area contributed by atoms with Crippen molar-refractivity contribution in [1.82, 2.24) is 0 Å². The zero-order chi connectivity index (χ0) is 9.56. The van der Waals surface area contributed by atoms with Gasteiger partial charge in [0.05, 0.1) is 6.61 Å². The van der Waals surface area contributed by atoms with Crippen LogP contribution in [-0.2, 0) is 9.53 Å². The monoisotopic (exact) mass is 282 g/mol. The van der Waals surface area contributed by atoms with E-state index in [-0.39, 0.29) is 9.89 Å². The van der Waals surface area contributed by atoms with Crippen LogP contribution in [0.5, 0.6) is 0 Å². The molecule has 0 spiro atoms. The SMILES string of the molecule is C=CCCOC(=O)C(I)C(C)C. The number of rotatable bonds is 5. The fourth-order valence-electron chi connectivity index (χ4n) is 0.595. The first-order valence-corrected chi connectivity index (χ1v) is 5.25. The van der Waals surface area contributed by atoms with Gasteiger partial charge in [0.2, 0.25) is 0 Å². The van der Waals surface area contributed by atoms with E-state index in [2.05, 4.69) is 29.2 Å². The summed E-state index contributed by atoms with van der Waals surface area (Å²) in [5.41, 5.74) is 0. The van der Waals surface area contributed by atoms with E-state index >= 15 is 0 Å². The average molecular weight is 282 g/mol. The molecule has 0 aliphatic carbocycles. The van der Waals surface area contributed by atoms with Gasteiger partial charge in [-0.05, 0) is 12.3 Å². The minimum absolute atomic E-state index is 0.0348. The summed E-state index contributed by atoms with van der Waals surface area (Å²) < 4.78 is 4.95. The van der Waals surface area contributed by atoms with Gasteiger partial charge in [-0.3, -0.25) is 4.79 Å². The molecule has 0 saturated carbocycles. The molecule has 0 aromatic heterocycles. The van der Waals surface area contributed by atoms with Gasteiger partial charge in [-0.2, -0.15) is 0 Å². The van der Waals surface area contributed by atoms with Crippen LogP contribution in [0.15, 0.2) is 12.7 Å². The van der Waals surface area contributed by atoms with Crippen molar-refractivity contribution < 1.29 is 9.53 Å². The Balaban J connectivity index is 3.64. The van der Waals surface area contributed by atoms with Crippen LogP contribution in [0.25, 0.3) is 0 Å². The fraction of sp³-hybridized carbons (Fsp3) is 0.667. The lowest BCUT2D eigenvalue weighted by molar-refractivity contribution is -0.143. The maximum absolute atomic E-state index is 11.2. The van der Waals surface area contributed by atoms with Crippen molar-refractivity contribution in [2.24, 2.45) is 5.92 Å². The number of halogens is 1. The lowest BCUT2D eigenvalue weighted by Crippen LogP contribution is -2.22. The molecule has 3 heteroatoms. The van der Waals surface area contributed by atoms with E-state index in [4.69, 9.17) is 4.74 Å². The number of hydrogen-bond acceptors (Lipinski definition) is 2. The van der Waals surface area contributed by atoms with Crippen LogP contribution in [0.3, 0.4) is 0 Å². The Hall–Kier alpha value is -0.0600. The van der Waals surface area contributed by atoms with Gasteiger partial charge in [0.25, 0.3) is 0 Å². The summed E-state index contributed by atoms with van der Waals surface area (Å²) in [7, 11) is 0. The third-order valence-corrected chi connectivity index (χ3v) is 3.32. The fourth-order valence-corrected chi connectivity index (χ4v) is 0.774. The second kappa shape index (κ2) is 6.46. The lowest BCUT2D eigenvalue weighted by Gasteiger charge is -2.12. The van der Waals surface area contributed by atoms with E-state index in [0.717, 1.165) is 6.42 Å². The van der Waals surface area contributed by atoms with E-state index in [0.29, 0.717) is 12.5 Å². The predicted molar refractivity (Wildman–Crippen MR) is 58.4 cm³/mol. The van der Waals surface area contributed by atoms with Crippen molar-refractivity contribution in [2.75, 3.05) is 6.61 Å². The maximum atomic E-state index is 11.2. The number of hydrogen-bond donors (Lipinski definition) is 0. The van der Waals surface area contributed by atoms with Crippen molar-refractivity contribution >= 4 is 28.6 Å². The minimum Gasteiger partial charge on any atom is -0.465 e. The molecule has 0 aromatic rings. The first-order chi connectivity index (χ1) is 5.59. The van der Waals surface area contributed by atoms with Gasteiger partial charge in [-0.1, -0.05) is 42.5 Å². The molecule has 0 aliphatic heterocycles. The van der Waals surface area contributed by atoms with Crippen LogP contribution >= 0.6 is 22.6 Å². The van der Waals surface area contributed by atoms with Crippen molar-refractivity contribution in [3.8, 4) is 0 Å². The molecule has 0 aliphatic rings. The molecule has 0 rings (SSSR count). The summed E-state index contributed by atoms with van der Waals surface area (Å²) >= 11 is 2.11. The highest BCUT2D eigenvalue weighted by Gasteiger charge is 2.19. The Bertz CT molecular complexity index is 155. The molecule has 1 unspecified atom stereocenters. The van der Waals surface area contributed by atoms with Crippen LogP contribution in [0.4, 0.5) is 0 Å². The van der Waals surface area contributed by atoms with E-state index in [1.165, 1.54) is 0 Å². The van der Waals surface area contributed by atoms with E-state index in [9.17, 15) is 4.79 Å². The molecule has 12 heavy (non-hydrogen) atoms. The largest absolute Gasteiger partial charge is 0.465 e. The Kier molecular flexibility index (Phi) is 6.42. The standard InChI is InChI=1S/C9H15IO2/c1-4-5-6-12-9(11)8(10)7(2)3/h4,7-8H,1,5-6H2,2-3H3. The summed E-state index contributed by atoms with van der Waals surface area (Å²) in [6, 6.07) is 0. The molecule has 1 atom stereocenters. The number of carbonyl (C=O) groups is 1. The molecule has 0 radical (unpaired) electrons. The number of ether oxygens (including phenoxy) is 1. The van der Waals surface area contributed by atoms with Gasteiger partial charge in [-0.15, -0.1) is 6.58 Å². The van der Waals surface area contributed by atoms with Crippen molar-refractivity contribution in [2.45, 2.75) is 24.2 Å². The van der Waals surface area contributed by atoms with Gasteiger partial charge in [0.1, 0.15) is 3.92 Å². The topological polar surface area (TPSA) is 26.3 Å². The molecule has 0 bridgehead atoms. The molecule has 0 heterocycles. The highest BCUT2D eigenvalue weighted by Crippen LogP contribution is 2.14. The molecule has 0 fully saturated rings. The normalized spacial score (nSPS) is 12.7. The van der Waals surface area contributed by atoms with Gasteiger partial charge < -0.3 is 4.74 Å². The van der Waals surface area contributed by atoms with E-state index in [1.54, 1.807) is 6.08 Å². The molecule has 0 amide bonds. The lowest BCUT2D eigenvalue weighted by atomic mass is 10.1. The van der Waals surface area contributed by atoms with Crippen LogP contribution in [0, 0.1) is 5.92 Å². The van der Waals surface area contributed by atoms with Crippen molar-refractivity contribution in [1.29, 1.82) is 0 Å². The summed E-state index contributed by atoms with van der Waals surface area (Å²) in [5, 5.41) is 0. The molecular formula is C9H15IO2. The van der Waals surface area contributed by atoms with Crippen LogP contribution < -0.4 is 0 Å². The molecule has 0 aromatic carbocycles. The Morgan fingerprint density at radius 2 is 2.25 bits per heavy atom. The highest BCUT2D eigenvalue weighted by molar-refractivity contribution is 14.1. The summed E-state index contributed by atoms with van der Waals surface area (Å²) in [6.07, 6.45) is 2.47. The number of carbonyl (C=O) groups excluding carboxylic acids is 1. The number of esters is 1. The van der Waals surface area contributed by atoms with Gasteiger partial charge in [0, 0.05) is 0 Å². The Morgan fingerprint density at radius 1 is 1.67 bits per heavy atom. The van der Waals surface area contributed by atoms with Gasteiger partial charge >= 0.3 is 5.97 Å². The summed E-state index contributed by atoms with van der Waals surface area (Å²) in [6.45, 7) is 8.01. The predicted octanol–water partition coefficient (Wildman–Crippen LogP) is 2.57. The molecule has 2 nitrogen and oxygen atoms in total. The second-order valence-corrected chi connectivity index (χ2v) is 4.23. The Labute approximate surface area is 87.5 Å².